The fourth-order valence-corrected chi connectivity index (χ4v) is 0.311. The van der Waals surface area contributed by atoms with Crippen molar-refractivity contribution in [2.24, 2.45) is 5.84 Å². The van der Waals surface area contributed by atoms with E-state index >= 15 is 0 Å². The molecule has 0 aromatic carbocycles. The molecular formula is C6H14N2O2. The van der Waals surface area contributed by atoms with Crippen LogP contribution in [0.2, 0.25) is 0 Å². The van der Waals surface area contributed by atoms with Crippen molar-refractivity contribution in [2.75, 3.05) is 6.98 Å². The highest BCUT2D eigenvalue weighted by Gasteiger charge is 2.17. The van der Waals surface area contributed by atoms with E-state index in [1.165, 1.54) is 0 Å². The van der Waals surface area contributed by atoms with Gasteiger partial charge in [-0.2, -0.15) is 0 Å². The van der Waals surface area contributed by atoms with Gasteiger partial charge in [0.15, 0.2) is 0 Å². The Morgan fingerprint density at radius 3 is 2.50 bits per heavy atom. The van der Waals surface area contributed by atoms with Crippen LogP contribution < -0.4 is 5.84 Å². The first-order valence-corrected chi connectivity index (χ1v) is 2.82. The highest BCUT2D eigenvalue weighted by Crippen LogP contribution is 2.07. The zero-order valence-corrected chi connectivity index (χ0v) is 6.34. The Morgan fingerprint density at radius 2 is 2.20 bits per heavy atom. The van der Waals surface area contributed by atoms with Gasteiger partial charge in [-0.25, -0.2) is 15.6 Å². The van der Waals surface area contributed by atoms with Crippen LogP contribution in [0.25, 0.3) is 0 Å². The summed E-state index contributed by atoms with van der Waals surface area (Å²) in [6.45, 7) is 2.21. The van der Waals surface area contributed by atoms with Crippen molar-refractivity contribution in [3.8, 4) is 0 Å². The summed E-state index contributed by atoms with van der Waals surface area (Å²) in [5, 5.41) is 0.0955. The minimum atomic E-state index is -2.66. The molecule has 0 radical (unpaired) electrons. The lowest BCUT2D eigenvalue weighted by molar-refractivity contribution is 0.0297. The van der Waals surface area contributed by atoms with Gasteiger partial charge in [-0.15, -0.1) is 0 Å². The zero-order chi connectivity index (χ0) is 10.9. The van der Waals surface area contributed by atoms with E-state index in [0.29, 0.717) is 0 Å². The number of rotatable bonds is 0. The molecular weight excluding hydrogens is 132 g/mol. The van der Waals surface area contributed by atoms with Gasteiger partial charge in [0.05, 0.1) is 0 Å². The molecule has 60 valence electrons. The maximum Gasteiger partial charge on any atom is 0.424 e. The Kier molecular flexibility index (Phi) is 1.43. The summed E-state index contributed by atoms with van der Waals surface area (Å²) in [5.74, 6) is 5.00. The first-order valence-electron chi connectivity index (χ1n) is 4.32. The maximum atomic E-state index is 11.0. The van der Waals surface area contributed by atoms with Crippen molar-refractivity contribution in [2.45, 2.75) is 26.4 Å². The molecule has 1 amide bonds. The van der Waals surface area contributed by atoms with E-state index in [9.17, 15) is 4.79 Å². The number of ether oxygens (including phenoxy) is 1. The molecule has 0 spiro atoms. The van der Waals surface area contributed by atoms with Crippen LogP contribution >= 0.6 is 0 Å². The summed E-state index contributed by atoms with van der Waals surface area (Å²) in [4.78, 5) is 11.0. The van der Waals surface area contributed by atoms with Crippen molar-refractivity contribution in [3.05, 3.63) is 0 Å². The van der Waals surface area contributed by atoms with Crippen molar-refractivity contribution < 1.29 is 13.6 Å². The smallest absolute Gasteiger partial charge is 0.424 e. The third-order valence-corrected chi connectivity index (χ3v) is 0.590. The van der Waals surface area contributed by atoms with Gasteiger partial charge in [0.1, 0.15) is 5.60 Å². The van der Waals surface area contributed by atoms with Crippen LogP contribution in [0.1, 0.15) is 24.9 Å². The van der Waals surface area contributed by atoms with E-state index < -0.39 is 18.7 Å². The molecule has 4 heteroatoms. The monoisotopic (exact) mass is 149 g/mol. The Labute approximate surface area is 65.1 Å². The van der Waals surface area contributed by atoms with Crippen LogP contribution in [-0.4, -0.2) is 23.7 Å². The molecule has 2 N–H and O–H groups in total. The van der Waals surface area contributed by atoms with Gasteiger partial charge < -0.3 is 4.74 Å². The Balaban J connectivity index is 4.30. The lowest BCUT2D eigenvalue weighted by Crippen LogP contribution is -2.38. The van der Waals surface area contributed by atoms with Gasteiger partial charge in [-0.3, -0.25) is 0 Å². The number of hydrogen-bond acceptors (Lipinski definition) is 3. The predicted octanol–water partition coefficient (Wildman–Crippen LogP) is 0.727. The van der Waals surface area contributed by atoms with Crippen LogP contribution in [0.15, 0.2) is 0 Å². The van der Waals surface area contributed by atoms with Gasteiger partial charge in [0, 0.05) is 11.1 Å². The zero-order valence-electron chi connectivity index (χ0n) is 9.34. The predicted molar refractivity (Wildman–Crippen MR) is 38.2 cm³/mol. The van der Waals surface area contributed by atoms with Gasteiger partial charge >= 0.3 is 6.09 Å². The fourth-order valence-electron chi connectivity index (χ4n) is 0.311. The van der Waals surface area contributed by atoms with Crippen molar-refractivity contribution in [1.29, 1.82) is 0 Å². The number of carbonyl (C=O) groups is 1. The van der Waals surface area contributed by atoms with E-state index in [2.05, 4.69) is 0 Å². The van der Waals surface area contributed by atoms with E-state index in [0.717, 1.165) is 0 Å². The molecule has 0 saturated carbocycles. The molecule has 0 aliphatic rings. The number of nitrogens with two attached hydrogens (primary N) is 1. The van der Waals surface area contributed by atoms with Gasteiger partial charge in [0.25, 0.3) is 0 Å². The highest BCUT2D eigenvalue weighted by atomic mass is 16.6. The summed E-state index contributed by atoms with van der Waals surface area (Å²) in [5.41, 5.74) is -0.750. The second-order valence-corrected chi connectivity index (χ2v) is 2.85. The molecule has 4 nitrogen and oxygen atoms in total. The average molecular weight is 149 g/mol. The third kappa shape index (κ3) is 4.14. The van der Waals surface area contributed by atoms with E-state index in [1.54, 1.807) is 20.8 Å². The molecule has 0 aliphatic carbocycles. The van der Waals surface area contributed by atoms with Crippen LogP contribution in [-0.2, 0) is 4.74 Å². The molecule has 0 aromatic heterocycles. The molecule has 0 aliphatic heterocycles. The summed E-state index contributed by atoms with van der Waals surface area (Å²) in [7, 11) is 0. The number of hydrogen-bond donors (Lipinski definition) is 1. The van der Waals surface area contributed by atoms with Crippen molar-refractivity contribution in [1.82, 2.24) is 5.01 Å². The largest absolute Gasteiger partial charge is 0.443 e. The SMILES string of the molecule is [2H]C([2H])([2H])N(N)C(=O)OC(C)(C)C. The molecule has 0 bridgehead atoms. The van der Waals surface area contributed by atoms with E-state index in [1.807, 2.05) is 0 Å². The minimum Gasteiger partial charge on any atom is -0.443 e. The first kappa shape index (κ1) is 4.96. The number of carbonyl (C=O) groups excluding carboxylic acids is 1. The fraction of sp³-hybridized carbons (Fsp3) is 0.833. The normalized spacial score (nSPS) is 16.6. The van der Waals surface area contributed by atoms with Crippen molar-refractivity contribution in [3.63, 3.8) is 0 Å². The number of hydrazine groups is 1. The van der Waals surface area contributed by atoms with Crippen LogP contribution in [0.3, 0.4) is 0 Å². The highest BCUT2D eigenvalue weighted by molar-refractivity contribution is 5.66. The van der Waals surface area contributed by atoms with Gasteiger partial charge in [0.2, 0.25) is 0 Å². The van der Waals surface area contributed by atoms with Crippen LogP contribution in [0.5, 0.6) is 0 Å². The molecule has 0 aromatic rings. The standard InChI is InChI=1S/C6H14N2O2/c1-6(2,3)10-5(9)8(4)7/h7H2,1-4H3/i4D3. The first-order chi connectivity index (χ1) is 5.54. The Hall–Kier alpha value is -0.770. The average Bonchev–Trinajstić information content (AvgIpc) is 1.79. The Bertz CT molecular complexity index is 197. The topological polar surface area (TPSA) is 55.6 Å². The summed E-state index contributed by atoms with van der Waals surface area (Å²) in [6, 6.07) is 0. The quantitative estimate of drug-likeness (QED) is 0.314. The van der Waals surface area contributed by atoms with E-state index in [4.69, 9.17) is 14.7 Å². The molecule has 0 rings (SSSR count). The van der Waals surface area contributed by atoms with Crippen LogP contribution in [0, 0.1) is 0 Å². The molecule has 0 fully saturated rings. The number of nitrogens with zero attached hydrogens (tertiary/aromatic N) is 1. The lowest BCUT2D eigenvalue weighted by atomic mass is 10.2. The summed E-state index contributed by atoms with van der Waals surface area (Å²) < 4.78 is 25.2. The van der Waals surface area contributed by atoms with Gasteiger partial charge in [-0.1, -0.05) is 0 Å². The van der Waals surface area contributed by atoms with Crippen LogP contribution in [0.4, 0.5) is 4.79 Å². The minimum absolute atomic E-state index is 0.0955. The number of amides is 1. The molecule has 0 heterocycles. The molecule has 0 atom stereocenters. The molecule has 0 unspecified atom stereocenters. The Morgan fingerprint density at radius 1 is 1.70 bits per heavy atom. The van der Waals surface area contributed by atoms with Gasteiger partial charge in [-0.05, 0) is 20.8 Å². The molecule has 10 heavy (non-hydrogen) atoms. The van der Waals surface area contributed by atoms with E-state index in [-0.39, 0.29) is 5.01 Å². The summed E-state index contributed by atoms with van der Waals surface area (Å²) >= 11 is 0. The summed E-state index contributed by atoms with van der Waals surface area (Å²) in [6.07, 6.45) is -1.06. The third-order valence-electron chi connectivity index (χ3n) is 0.590. The maximum absolute atomic E-state index is 11.0. The lowest BCUT2D eigenvalue weighted by Gasteiger charge is -2.21. The second kappa shape index (κ2) is 2.88. The molecule has 0 saturated heterocycles. The second-order valence-electron chi connectivity index (χ2n) is 2.85. The van der Waals surface area contributed by atoms with Crippen molar-refractivity contribution >= 4 is 6.09 Å².